The van der Waals surface area contributed by atoms with Crippen LogP contribution in [0.3, 0.4) is 0 Å². The standard InChI is InChI=1S/C29H31N3O3/c1-4-20-6-11-24(12-7-20)30-18-23-16-22-10-15-26(35-3)17-27(22)32(29(23)34)19-28(33)31-25-13-8-21(5-2)9-14-25/h6-17,30H,4-5,18-19H2,1-3H3,(H,31,33). The molecule has 4 aromatic rings. The maximum Gasteiger partial charge on any atom is 0.256 e. The average molecular weight is 470 g/mol. The van der Waals surface area contributed by atoms with Gasteiger partial charge in [0.25, 0.3) is 5.56 Å². The van der Waals surface area contributed by atoms with Crippen molar-refractivity contribution in [3.05, 3.63) is 99.8 Å². The molecule has 0 aliphatic heterocycles. The fourth-order valence-electron chi connectivity index (χ4n) is 4.05. The summed E-state index contributed by atoms with van der Waals surface area (Å²) in [6.07, 6.45) is 1.91. The first-order chi connectivity index (χ1) is 17.0. The van der Waals surface area contributed by atoms with Crippen molar-refractivity contribution in [3.63, 3.8) is 0 Å². The second kappa shape index (κ2) is 10.9. The number of carbonyl (C=O) groups excluding carboxylic acids is 1. The van der Waals surface area contributed by atoms with Gasteiger partial charge in [0, 0.05) is 29.5 Å². The zero-order valence-corrected chi connectivity index (χ0v) is 20.4. The van der Waals surface area contributed by atoms with Crippen molar-refractivity contribution < 1.29 is 9.53 Å². The number of hydrogen-bond acceptors (Lipinski definition) is 4. The lowest BCUT2D eigenvalue weighted by molar-refractivity contribution is -0.116. The number of methoxy groups -OCH3 is 1. The zero-order valence-electron chi connectivity index (χ0n) is 20.4. The van der Waals surface area contributed by atoms with Crippen LogP contribution in [0.1, 0.15) is 30.5 Å². The van der Waals surface area contributed by atoms with Gasteiger partial charge in [-0.25, -0.2) is 0 Å². The lowest BCUT2D eigenvalue weighted by Gasteiger charge is -2.15. The summed E-state index contributed by atoms with van der Waals surface area (Å²) in [5.41, 5.74) is 5.13. The highest BCUT2D eigenvalue weighted by Crippen LogP contribution is 2.21. The summed E-state index contributed by atoms with van der Waals surface area (Å²) < 4.78 is 6.88. The summed E-state index contributed by atoms with van der Waals surface area (Å²) >= 11 is 0. The third-order valence-corrected chi connectivity index (χ3v) is 6.17. The molecular weight excluding hydrogens is 438 g/mol. The van der Waals surface area contributed by atoms with Gasteiger partial charge in [-0.3, -0.25) is 14.2 Å². The number of amides is 1. The molecule has 0 unspecified atom stereocenters. The molecule has 1 aromatic heterocycles. The van der Waals surface area contributed by atoms with Crippen LogP contribution in [0.5, 0.6) is 5.75 Å². The largest absolute Gasteiger partial charge is 0.497 e. The molecule has 1 heterocycles. The fourth-order valence-corrected chi connectivity index (χ4v) is 4.05. The normalized spacial score (nSPS) is 10.8. The Morgan fingerprint density at radius 3 is 2.09 bits per heavy atom. The zero-order chi connectivity index (χ0) is 24.8. The van der Waals surface area contributed by atoms with Gasteiger partial charge >= 0.3 is 0 Å². The minimum atomic E-state index is -0.263. The van der Waals surface area contributed by atoms with E-state index in [1.807, 2.05) is 54.6 Å². The molecule has 0 aliphatic carbocycles. The number of hydrogen-bond donors (Lipinski definition) is 2. The van der Waals surface area contributed by atoms with Crippen molar-refractivity contribution in [2.75, 3.05) is 17.7 Å². The van der Waals surface area contributed by atoms with Gasteiger partial charge in [-0.05, 0) is 71.8 Å². The molecule has 6 heteroatoms. The third kappa shape index (κ3) is 5.72. The van der Waals surface area contributed by atoms with Crippen molar-refractivity contribution in [1.29, 1.82) is 0 Å². The maximum atomic E-state index is 13.5. The van der Waals surface area contributed by atoms with Crippen LogP contribution in [-0.2, 0) is 30.7 Å². The molecule has 4 rings (SSSR count). The molecule has 0 saturated heterocycles. The van der Waals surface area contributed by atoms with Crippen LogP contribution >= 0.6 is 0 Å². The van der Waals surface area contributed by atoms with Crippen LogP contribution in [0.4, 0.5) is 11.4 Å². The van der Waals surface area contributed by atoms with E-state index in [9.17, 15) is 9.59 Å². The van der Waals surface area contributed by atoms with Gasteiger partial charge < -0.3 is 15.4 Å². The number of aromatic nitrogens is 1. The smallest absolute Gasteiger partial charge is 0.256 e. The van der Waals surface area contributed by atoms with E-state index in [-0.39, 0.29) is 18.0 Å². The topological polar surface area (TPSA) is 72.4 Å². The Bertz CT molecular complexity index is 1370. The van der Waals surface area contributed by atoms with Crippen LogP contribution in [-0.4, -0.2) is 17.6 Å². The monoisotopic (exact) mass is 469 g/mol. The predicted octanol–water partition coefficient (Wildman–Crippen LogP) is 5.39. The number of ether oxygens (including phenoxy) is 1. The van der Waals surface area contributed by atoms with E-state index in [2.05, 4.69) is 36.6 Å². The number of nitrogens with one attached hydrogen (secondary N) is 2. The van der Waals surface area contributed by atoms with Gasteiger partial charge in [-0.2, -0.15) is 0 Å². The van der Waals surface area contributed by atoms with Crippen LogP contribution in [0.2, 0.25) is 0 Å². The van der Waals surface area contributed by atoms with Crippen molar-refractivity contribution >= 4 is 28.2 Å². The Morgan fingerprint density at radius 1 is 0.857 bits per heavy atom. The molecule has 0 aliphatic rings. The highest BCUT2D eigenvalue weighted by Gasteiger charge is 2.14. The third-order valence-electron chi connectivity index (χ3n) is 6.17. The molecule has 0 atom stereocenters. The van der Waals surface area contributed by atoms with Gasteiger partial charge in [0.2, 0.25) is 5.91 Å². The number of benzene rings is 3. The summed E-state index contributed by atoms with van der Waals surface area (Å²) in [5.74, 6) is 0.365. The molecule has 0 spiro atoms. The van der Waals surface area contributed by atoms with E-state index in [1.165, 1.54) is 15.7 Å². The van der Waals surface area contributed by atoms with Crippen molar-refractivity contribution in [2.45, 2.75) is 39.8 Å². The Labute approximate surface area is 205 Å². The number of aryl methyl sites for hydroxylation is 2. The molecule has 180 valence electrons. The van der Waals surface area contributed by atoms with Crippen LogP contribution in [0.25, 0.3) is 10.9 Å². The summed E-state index contributed by atoms with van der Waals surface area (Å²) in [7, 11) is 1.58. The van der Waals surface area contributed by atoms with Gasteiger partial charge in [-0.1, -0.05) is 38.1 Å². The lowest BCUT2D eigenvalue weighted by atomic mass is 10.1. The molecule has 2 N–H and O–H groups in total. The van der Waals surface area contributed by atoms with Crippen molar-refractivity contribution in [3.8, 4) is 5.75 Å². The minimum absolute atomic E-state index is 0.100. The number of fused-ring (bicyclic) bond motifs is 1. The first kappa shape index (κ1) is 24.1. The molecule has 0 fully saturated rings. The molecule has 0 radical (unpaired) electrons. The molecule has 0 saturated carbocycles. The molecule has 0 bridgehead atoms. The summed E-state index contributed by atoms with van der Waals surface area (Å²) in [6, 6.07) is 23.3. The highest BCUT2D eigenvalue weighted by atomic mass is 16.5. The molecule has 6 nitrogen and oxygen atoms in total. The van der Waals surface area contributed by atoms with Gasteiger partial charge in [0.15, 0.2) is 0 Å². The van der Waals surface area contributed by atoms with Gasteiger partial charge in [-0.15, -0.1) is 0 Å². The average Bonchev–Trinajstić information content (AvgIpc) is 2.89. The molecule has 1 amide bonds. The number of pyridine rings is 1. The van der Waals surface area contributed by atoms with Crippen molar-refractivity contribution in [1.82, 2.24) is 4.57 Å². The van der Waals surface area contributed by atoms with E-state index in [0.717, 1.165) is 23.9 Å². The van der Waals surface area contributed by atoms with E-state index in [0.29, 0.717) is 29.1 Å². The molecule has 35 heavy (non-hydrogen) atoms. The van der Waals surface area contributed by atoms with E-state index >= 15 is 0 Å². The lowest BCUT2D eigenvalue weighted by Crippen LogP contribution is -2.30. The maximum absolute atomic E-state index is 13.5. The number of rotatable bonds is 9. The summed E-state index contributed by atoms with van der Waals surface area (Å²) in [5, 5.41) is 7.10. The van der Waals surface area contributed by atoms with E-state index in [4.69, 9.17) is 4.74 Å². The number of nitrogens with zero attached hydrogens (tertiary/aromatic N) is 1. The molecule has 3 aromatic carbocycles. The fraction of sp³-hybridized carbons (Fsp3) is 0.241. The SMILES string of the molecule is CCc1ccc(NCc2cc3ccc(OC)cc3n(CC(=O)Nc3ccc(CC)cc3)c2=O)cc1. The first-order valence-electron chi connectivity index (χ1n) is 11.9. The van der Waals surface area contributed by atoms with Crippen LogP contribution in [0.15, 0.2) is 77.6 Å². The summed E-state index contributed by atoms with van der Waals surface area (Å²) in [4.78, 5) is 26.4. The Morgan fingerprint density at radius 2 is 1.49 bits per heavy atom. The van der Waals surface area contributed by atoms with Gasteiger partial charge in [0.1, 0.15) is 12.3 Å². The Balaban J connectivity index is 1.62. The number of anilines is 2. The highest BCUT2D eigenvalue weighted by molar-refractivity contribution is 5.92. The predicted molar refractivity (Wildman–Crippen MR) is 142 cm³/mol. The number of carbonyl (C=O) groups is 1. The van der Waals surface area contributed by atoms with E-state index < -0.39 is 0 Å². The minimum Gasteiger partial charge on any atom is -0.497 e. The van der Waals surface area contributed by atoms with Crippen LogP contribution < -0.4 is 20.9 Å². The van der Waals surface area contributed by atoms with E-state index in [1.54, 1.807) is 13.2 Å². The second-order valence-electron chi connectivity index (χ2n) is 8.49. The van der Waals surface area contributed by atoms with Crippen LogP contribution in [0, 0.1) is 0 Å². The van der Waals surface area contributed by atoms with Crippen molar-refractivity contribution in [2.24, 2.45) is 0 Å². The molecular formula is C29H31N3O3. The second-order valence-corrected chi connectivity index (χ2v) is 8.49. The quantitative estimate of drug-likeness (QED) is 0.345. The Hall–Kier alpha value is -4.06. The first-order valence-corrected chi connectivity index (χ1v) is 11.9. The summed E-state index contributed by atoms with van der Waals surface area (Å²) in [6.45, 7) is 4.45. The Kier molecular flexibility index (Phi) is 7.51. The van der Waals surface area contributed by atoms with Gasteiger partial charge in [0.05, 0.1) is 12.6 Å².